The van der Waals surface area contributed by atoms with Crippen LogP contribution in [-0.2, 0) is 0 Å². The maximum Gasteiger partial charge on any atom is 0.410 e. The number of aromatic nitrogens is 2. The number of nitrogens with one attached hydrogen (secondary N) is 2. The van der Waals surface area contributed by atoms with Gasteiger partial charge in [-0.1, -0.05) is 19.1 Å². The Hall–Kier alpha value is -2.58. The van der Waals surface area contributed by atoms with Crippen molar-refractivity contribution in [1.29, 1.82) is 0 Å². The first kappa shape index (κ1) is 19.2. The molecule has 1 aromatic carbocycles. The average molecular weight is 384 g/mol. The molecule has 1 aliphatic rings. The van der Waals surface area contributed by atoms with Gasteiger partial charge in [0.1, 0.15) is 11.6 Å². The third kappa shape index (κ3) is 4.06. The summed E-state index contributed by atoms with van der Waals surface area (Å²) in [5, 5.41) is 9.56. The molecular formula is C18H20F4N4O. The van der Waals surface area contributed by atoms with Gasteiger partial charge in [-0.05, 0) is 31.0 Å². The number of benzene rings is 1. The zero-order valence-corrected chi connectivity index (χ0v) is 14.8. The van der Waals surface area contributed by atoms with E-state index in [0.29, 0.717) is 12.0 Å². The Morgan fingerprint density at radius 2 is 2.04 bits per heavy atom. The largest absolute Gasteiger partial charge is 0.410 e. The second kappa shape index (κ2) is 7.21. The lowest BCUT2D eigenvalue weighted by atomic mass is 9.97. The van der Waals surface area contributed by atoms with Crippen molar-refractivity contribution in [2.24, 2.45) is 0 Å². The van der Waals surface area contributed by atoms with Gasteiger partial charge >= 0.3 is 6.18 Å². The number of rotatable bonds is 4. The van der Waals surface area contributed by atoms with Gasteiger partial charge in [0.2, 0.25) is 0 Å². The Morgan fingerprint density at radius 1 is 1.37 bits per heavy atom. The number of carbonyl (C=O) groups excluding carboxylic acids is 1. The molecule has 0 spiro atoms. The maximum absolute atomic E-state index is 13.6. The summed E-state index contributed by atoms with van der Waals surface area (Å²) in [4.78, 5) is 12.2. The Bertz CT molecular complexity index is 816. The van der Waals surface area contributed by atoms with Crippen LogP contribution in [0, 0.1) is 5.82 Å². The van der Waals surface area contributed by atoms with E-state index < -0.39 is 30.0 Å². The van der Waals surface area contributed by atoms with Crippen LogP contribution in [0.3, 0.4) is 0 Å². The summed E-state index contributed by atoms with van der Waals surface area (Å²) in [6.07, 6.45) is -4.16. The lowest BCUT2D eigenvalue weighted by Gasteiger charge is -2.33. The molecule has 3 atom stereocenters. The fourth-order valence-corrected chi connectivity index (χ4v) is 3.00. The molecule has 2 N–H and O–H groups in total. The monoisotopic (exact) mass is 384 g/mol. The van der Waals surface area contributed by atoms with Gasteiger partial charge in [-0.25, -0.2) is 9.07 Å². The van der Waals surface area contributed by atoms with Gasteiger partial charge in [-0.15, -0.1) is 0 Å². The van der Waals surface area contributed by atoms with E-state index in [-0.39, 0.29) is 24.0 Å². The summed E-state index contributed by atoms with van der Waals surface area (Å²) in [5.74, 6) is -0.879. The van der Waals surface area contributed by atoms with E-state index in [0.717, 1.165) is 4.68 Å². The maximum atomic E-state index is 13.6. The van der Waals surface area contributed by atoms with Crippen molar-refractivity contribution in [3.05, 3.63) is 47.4 Å². The number of amides is 1. The van der Waals surface area contributed by atoms with E-state index >= 15 is 0 Å². The first-order valence-corrected chi connectivity index (χ1v) is 8.68. The minimum atomic E-state index is -4.54. The molecule has 3 rings (SSSR count). The molecular weight excluding hydrogens is 364 g/mol. The van der Waals surface area contributed by atoms with Gasteiger partial charge in [0.05, 0.1) is 6.04 Å². The summed E-state index contributed by atoms with van der Waals surface area (Å²) in [6.45, 7) is 3.69. The van der Waals surface area contributed by atoms with Crippen LogP contribution in [-0.4, -0.2) is 27.9 Å². The Morgan fingerprint density at radius 3 is 2.63 bits per heavy atom. The fourth-order valence-electron chi connectivity index (χ4n) is 3.00. The highest BCUT2D eigenvalue weighted by molar-refractivity contribution is 5.93. The van der Waals surface area contributed by atoms with Crippen LogP contribution in [0.4, 0.5) is 23.4 Å². The van der Waals surface area contributed by atoms with Crippen LogP contribution >= 0.6 is 0 Å². The third-order valence-corrected chi connectivity index (χ3v) is 4.68. The molecule has 0 bridgehead atoms. The molecule has 9 heteroatoms. The van der Waals surface area contributed by atoms with Gasteiger partial charge in [-0.3, -0.25) is 4.79 Å². The summed E-state index contributed by atoms with van der Waals surface area (Å²) in [5.41, 5.74) is 0.454. The molecule has 0 saturated carbocycles. The molecule has 27 heavy (non-hydrogen) atoms. The summed E-state index contributed by atoms with van der Waals surface area (Å²) in [6, 6.07) is 3.95. The van der Waals surface area contributed by atoms with Gasteiger partial charge in [0, 0.05) is 18.5 Å². The summed E-state index contributed by atoms with van der Waals surface area (Å²) in [7, 11) is 0. The smallest absolute Gasteiger partial charge is 0.363 e. The van der Waals surface area contributed by atoms with Crippen LogP contribution in [0.1, 0.15) is 54.8 Å². The number of nitrogens with zero attached hydrogens (tertiary/aromatic N) is 2. The highest BCUT2D eigenvalue weighted by Gasteiger charge is 2.46. The average Bonchev–Trinajstić information content (AvgIpc) is 3.04. The molecule has 2 aromatic rings. The number of hydrogen-bond donors (Lipinski definition) is 2. The molecule has 2 heterocycles. The molecule has 0 unspecified atom stereocenters. The molecule has 0 aliphatic carbocycles. The normalized spacial score (nSPS) is 20.5. The topological polar surface area (TPSA) is 59.0 Å². The number of hydrogen-bond acceptors (Lipinski definition) is 3. The van der Waals surface area contributed by atoms with Crippen molar-refractivity contribution in [1.82, 2.24) is 15.1 Å². The second-order valence-corrected chi connectivity index (χ2v) is 6.68. The summed E-state index contributed by atoms with van der Waals surface area (Å²) < 4.78 is 54.7. The zero-order chi connectivity index (χ0) is 19.8. The predicted octanol–water partition coefficient (Wildman–Crippen LogP) is 4.21. The van der Waals surface area contributed by atoms with Crippen molar-refractivity contribution in [3.8, 4) is 0 Å². The minimum Gasteiger partial charge on any atom is -0.363 e. The first-order valence-electron chi connectivity index (χ1n) is 8.68. The number of anilines is 1. The number of carbonyl (C=O) groups is 1. The van der Waals surface area contributed by atoms with E-state index in [9.17, 15) is 22.4 Å². The zero-order valence-electron chi connectivity index (χ0n) is 14.8. The highest BCUT2D eigenvalue weighted by atomic mass is 19.4. The number of alkyl halides is 3. The van der Waals surface area contributed by atoms with E-state index in [1.54, 1.807) is 6.92 Å². The predicted molar refractivity (Wildman–Crippen MR) is 91.9 cm³/mol. The van der Waals surface area contributed by atoms with E-state index in [4.69, 9.17) is 0 Å². The molecule has 5 nitrogen and oxygen atoms in total. The second-order valence-electron chi connectivity index (χ2n) is 6.68. The molecule has 0 saturated heterocycles. The first-order chi connectivity index (χ1) is 12.7. The van der Waals surface area contributed by atoms with Crippen molar-refractivity contribution in [2.45, 2.75) is 51.0 Å². The standard InChI is InChI=1S/C18H20F4N4O/c1-3-10(2)23-17(27)14-9-16-24-13(11-4-6-12(19)7-5-11)8-15(18(20,21)22)26(16)25-14/h4-7,9-10,13,15,24H,3,8H2,1-2H3,(H,23,27)/t10-,13-,15-/m0/s1. The number of fused-ring (bicyclic) bond motifs is 1. The molecule has 0 radical (unpaired) electrons. The lowest BCUT2D eigenvalue weighted by Crippen LogP contribution is -2.36. The third-order valence-electron chi connectivity index (χ3n) is 4.68. The van der Waals surface area contributed by atoms with Gasteiger partial charge in [0.25, 0.3) is 5.91 Å². The van der Waals surface area contributed by atoms with Gasteiger partial charge < -0.3 is 10.6 Å². The molecule has 1 aliphatic heterocycles. The van der Waals surface area contributed by atoms with Gasteiger partial charge in [-0.2, -0.15) is 18.3 Å². The molecule has 0 fully saturated rings. The lowest BCUT2D eigenvalue weighted by molar-refractivity contribution is -0.173. The van der Waals surface area contributed by atoms with E-state index in [1.807, 2.05) is 6.92 Å². The van der Waals surface area contributed by atoms with Crippen LogP contribution < -0.4 is 10.6 Å². The van der Waals surface area contributed by atoms with Crippen molar-refractivity contribution in [2.75, 3.05) is 5.32 Å². The quantitative estimate of drug-likeness (QED) is 0.777. The highest BCUT2D eigenvalue weighted by Crippen LogP contribution is 2.43. The van der Waals surface area contributed by atoms with Crippen molar-refractivity contribution < 1.29 is 22.4 Å². The van der Waals surface area contributed by atoms with Gasteiger partial charge in [0.15, 0.2) is 11.7 Å². The van der Waals surface area contributed by atoms with Crippen LogP contribution in [0.2, 0.25) is 0 Å². The number of halogens is 4. The van der Waals surface area contributed by atoms with Crippen molar-refractivity contribution >= 4 is 11.7 Å². The molecule has 146 valence electrons. The van der Waals surface area contributed by atoms with Crippen LogP contribution in [0.15, 0.2) is 30.3 Å². The van der Waals surface area contributed by atoms with Crippen LogP contribution in [0.5, 0.6) is 0 Å². The fraction of sp³-hybridized carbons (Fsp3) is 0.444. The Kier molecular flexibility index (Phi) is 5.12. The molecule has 1 amide bonds. The van der Waals surface area contributed by atoms with E-state index in [1.165, 1.54) is 30.3 Å². The summed E-state index contributed by atoms with van der Waals surface area (Å²) >= 11 is 0. The van der Waals surface area contributed by atoms with Crippen molar-refractivity contribution in [3.63, 3.8) is 0 Å². The van der Waals surface area contributed by atoms with Crippen LogP contribution in [0.25, 0.3) is 0 Å². The SMILES string of the molecule is CC[C@H](C)NC(=O)c1cc2n(n1)[C@H](C(F)(F)F)C[C@@H](c1ccc(F)cc1)N2. The minimum absolute atomic E-state index is 0.0770. The Labute approximate surface area is 153 Å². The Balaban J connectivity index is 1.93. The van der Waals surface area contributed by atoms with E-state index in [2.05, 4.69) is 15.7 Å². The molecule has 1 aromatic heterocycles.